The first-order valence-electron chi connectivity index (χ1n) is 11.3. The topological polar surface area (TPSA) is 136 Å². The first-order valence-corrected chi connectivity index (χ1v) is 11.3. The Balaban J connectivity index is 1.57. The quantitative estimate of drug-likeness (QED) is 0.454. The van der Waals surface area contributed by atoms with Crippen molar-refractivity contribution in [2.75, 3.05) is 25.9 Å². The van der Waals surface area contributed by atoms with Crippen molar-refractivity contribution in [3.05, 3.63) is 36.4 Å². The van der Waals surface area contributed by atoms with E-state index in [-0.39, 0.29) is 48.6 Å². The minimum Gasteiger partial charge on any atom is -0.324 e. The second-order valence-electron chi connectivity index (χ2n) is 8.73. The molecule has 2 aromatic carbocycles. The number of carbonyl (C=O) groups is 4. The lowest BCUT2D eigenvalue weighted by Gasteiger charge is -2.26. The highest BCUT2D eigenvalue weighted by molar-refractivity contribution is 6.05. The maximum absolute atomic E-state index is 12.3. The lowest BCUT2D eigenvalue weighted by molar-refractivity contribution is -0.119. The van der Waals surface area contributed by atoms with E-state index in [1.54, 1.807) is 46.2 Å². The van der Waals surface area contributed by atoms with Gasteiger partial charge in [0.25, 0.3) is 0 Å². The molecular weight excluding hydrogens is 450 g/mol. The Labute approximate surface area is 202 Å². The SMILES string of the molecule is CC(=O)N1c2ccc(NN=Nc3ccc4c(c3)N(C(C)=O)[C@@H](C)CC(=O)N4)cc2NC(=O)C[C@H]1C. The zero-order chi connectivity index (χ0) is 25.3. The first kappa shape index (κ1) is 23.9. The van der Waals surface area contributed by atoms with Gasteiger partial charge in [-0.3, -0.25) is 24.6 Å². The van der Waals surface area contributed by atoms with E-state index in [1.165, 1.54) is 13.8 Å². The van der Waals surface area contributed by atoms with E-state index in [0.717, 1.165) is 0 Å². The van der Waals surface area contributed by atoms with E-state index in [1.807, 2.05) is 13.8 Å². The van der Waals surface area contributed by atoms with Gasteiger partial charge in [0.2, 0.25) is 23.6 Å². The molecule has 11 heteroatoms. The molecule has 0 fully saturated rings. The van der Waals surface area contributed by atoms with Crippen LogP contribution in [0.1, 0.15) is 40.5 Å². The minimum atomic E-state index is -0.300. The number of carbonyl (C=O) groups excluding carboxylic acids is 4. The molecule has 4 amide bonds. The summed E-state index contributed by atoms with van der Waals surface area (Å²) in [7, 11) is 0. The van der Waals surface area contributed by atoms with E-state index in [4.69, 9.17) is 0 Å². The van der Waals surface area contributed by atoms with E-state index in [9.17, 15) is 19.2 Å². The summed E-state index contributed by atoms with van der Waals surface area (Å²) >= 11 is 0. The summed E-state index contributed by atoms with van der Waals surface area (Å²) in [6, 6.07) is 9.66. The molecule has 2 atom stereocenters. The van der Waals surface area contributed by atoms with Gasteiger partial charge in [0.1, 0.15) is 0 Å². The van der Waals surface area contributed by atoms with Crippen molar-refractivity contribution in [2.45, 2.75) is 52.6 Å². The molecule has 0 unspecified atom stereocenters. The highest BCUT2D eigenvalue weighted by atomic mass is 16.2. The number of rotatable bonds is 3. The number of anilines is 5. The summed E-state index contributed by atoms with van der Waals surface area (Å²) in [5.41, 5.74) is 6.07. The highest BCUT2D eigenvalue weighted by Crippen LogP contribution is 2.36. The Morgan fingerprint density at radius 3 is 2.09 bits per heavy atom. The third-order valence-electron chi connectivity index (χ3n) is 5.91. The monoisotopic (exact) mass is 477 g/mol. The maximum Gasteiger partial charge on any atom is 0.226 e. The van der Waals surface area contributed by atoms with Gasteiger partial charge in [0, 0.05) is 38.8 Å². The van der Waals surface area contributed by atoms with Crippen LogP contribution in [0.25, 0.3) is 0 Å². The van der Waals surface area contributed by atoms with Crippen molar-refractivity contribution in [2.24, 2.45) is 10.3 Å². The third kappa shape index (κ3) is 4.98. The van der Waals surface area contributed by atoms with Crippen LogP contribution in [0.5, 0.6) is 0 Å². The molecule has 0 spiro atoms. The number of benzene rings is 2. The zero-order valence-corrected chi connectivity index (χ0v) is 20.0. The van der Waals surface area contributed by atoms with Crippen LogP contribution >= 0.6 is 0 Å². The molecule has 3 N–H and O–H groups in total. The molecule has 2 aromatic rings. The van der Waals surface area contributed by atoms with E-state index >= 15 is 0 Å². The minimum absolute atomic E-state index is 0.149. The van der Waals surface area contributed by atoms with Gasteiger partial charge in [-0.25, -0.2) is 0 Å². The van der Waals surface area contributed by atoms with Crippen LogP contribution < -0.4 is 25.9 Å². The summed E-state index contributed by atoms with van der Waals surface area (Å²) in [6.07, 6.45) is 0.396. The van der Waals surface area contributed by atoms with E-state index in [0.29, 0.717) is 34.1 Å². The van der Waals surface area contributed by atoms with Crippen molar-refractivity contribution in [1.29, 1.82) is 0 Å². The van der Waals surface area contributed by atoms with Crippen LogP contribution in [0.4, 0.5) is 34.1 Å². The molecule has 2 heterocycles. The zero-order valence-electron chi connectivity index (χ0n) is 20.0. The first-order chi connectivity index (χ1) is 16.6. The van der Waals surface area contributed by atoms with Gasteiger partial charge in [0.15, 0.2) is 0 Å². The van der Waals surface area contributed by atoms with Crippen LogP contribution in [0.3, 0.4) is 0 Å². The second-order valence-corrected chi connectivity index (χ2v) is 8.73. The smallest absolute Gasteiger partial charge is 0.226 e. The summed E-state index contributed by atoms with van der Waals surface area (Å²) in [5, 5.41) is 13.9. The fraction of sp³-hybridized carbons (Fsp3) is 0.333. The largest absolute Gasteiger partial charge is 0.324 e. The number of hydrogen-bond donors (Lipinski definition) is 3. The number of fused-ring (bicyclic) bond motifs is 2. The average Bonchev–Trinajstić information content (AvgIpc) is 2.97. The van der Waals surface area contributed by atoms with Gasteiger partial charge < -0.3 is 20.4 Å². The highest BCUT2D eigenvalue weighted by Gasteiger charge is 2.29. The van der Waals surface area contributed by atoms with Gasteiger partial charge in [-0.1, -0.05) is 5.22 Å². The van der Waals surface area contributed by atoms with Crippen molar-refractivity contribution < 1.29 is 19.2 Å². The molecule has 0 bridgehead atoms. The maximum atomic E-state index is 12.3. The molecule has 182 valence electrons. The number of nitrogens with zero attached hydrogens (tertiary/aromatic N) is 4. The van der Waals surface area contributed by atoms with E-state index in [2.05, 4.69) is 26.4 Å². The molecule has 0 saturated carbocycles. The van der Waals surface area contributed by atoms with Crippen molar-refractivity contribution >= 4 is 57.8 Å². The van der Waals surface area contributed by atoms with Crippen molar-refractivity contribution in [1.82, 2.24) is 0 Å². The van der Waals surface area contributed by atoms with Gasteiger partial charge in [-0.15, -0.1) is 5.11 Å². The lowest BCUT2D eigenvalue weighted by atomic mass is 10.1. The Bertz CT molecular complexity index is 1240. The van der Waals surface area contributed by atoms with Crippen molar-refractivity contribution in [3.63, 3.8) is 0 Å². The fourth-order valence-corrected chi connectivity index (χ4v) is 4.50. The summed E-state index contributed by atoms with van der Waals surface area (Å²) in [4.78, 5) is 51.9. The molecular formula is C24H27N7O4. The molecule has 4 rings (SSSR count). The molecule has 0 aromatic heterocycles. The second kappa shape index (κ2) is 9.53. The number of amides is 4. The van der Waals surface area contributed by atoms with Crippen LogP contribution in [0, 0.1) is 0 Å². The van der Waals surface area contributed by atoms with Gasteiger partial charge in [-0.2, -0.15) is 0 Å². The van der Waals surface area contributed by atoms with Crippen LogP contribution in [0.2, 0.25) is 0 Å². The molecule has 2 aliphatic heterocycles. The molecule has 0 saturated heterocycles. The lowest BCUT2D eigenvalue weighted by Crippen LogP contribution is -2.37. The predicted octanol–water partition coefficient (Wildman–Crippen LogP) is 3.96. The predicted molar refractivity (Wildman–Crippen MR) is 133 cm³/mol. The van der Waals surface area contributed by atoms with Gasteiger partial charge >= 0.3 is 0 Å². The summed E-state index contributed by atoms with van der Waals surface area (Å²) in [6.45, 7) is 6.57. The third-order valence-corrected chi connectivity index (χ3v) is 5.91. The standard InChI is InChI=1S/C24H27N7O4/c1-13-9-24(35)26-20-11-17(6-8-21(20)30(13)15(3)32)27-29-28-18-5-7-19-22(12-18)31(16(4)33)14(2)10-23(34)25-19/h5-8,11-14H,9-10H2,1-4H3,(H,25,34)(H,26,35)(H,27,28)/t13-,14+/m1/s1. The Hall–Kier alpha value is -4.28. The molecule has 0 radical (unpaired) electrons. The molecule has 35 heavy (non-hydrogen) atoms. The van der Waals surface area contributed by atoms with Gasteiger partial charge in [0.05, 0.1) is 34.1 Å². The van der Waals surface area contributed by atoms with Crippen LogP contribution in [-0.2, 0) is 19.2 Å². The number of nitrogens with one attached hydrogen (secondary N) is 3. The van der Waals surface area contributed by atoms with Crippen molar-refractivity contribution in [3.8, 4) is 0 Å². The van der Waals surface area contributed by atoms with Crippen LogP contribution in [0.15, 0.2) is 46.7 Å². The fourth-order valence-electron chi connectivity index (χ4n) is 4.50. The average molecular weight is 478 g/mol. The molecule has 2 aliphatic rings. The summed E-state index contributed by atoms with van der Waals surface area (Å²) < 4.78 is 0. The van der Waals surface area contributed by atoms with E-state index < -0.39 is 0 Å². The Kier molecular flexibility index (Phi) is 6.50. The number of hydrogen-bond acceptors (Lipinski definition) is 6. The molecule has 11 nitrogen and oxygen atoms in total. The Morgan fingerprint density at radius 2 is 1.46 bits per heavy atom. The van der Waals surface area contributed by atoms with Gasteiger partial charge in [-0.05, 0) is 50.2 Å². The summed E-state index contributed by atoms with van der Waals surface area (Å²) in [5.74, 6) is -0.665. The van der Waals surface area contributed by atoms with Crippen LogP contribution in [-0.4, -0.2) is 35.7 Å². The normalized spacial score (nSPS) is 19.8. The Morgan fingerprint density at radius 1 is 0.857 bits per heavy atom. The molecule has 0 aliphatic carbocycles.